The molecule has 90 valence electrons. The second-order valence-electron chi connectivity index (χ2n) is 7.51. The first-order valence-corrected chi connectivity index (χ1v) is 7.82. The molecule has 0 aromatic rings. The summed E-state index contributed by atoms with van der Waals surface area (Å²) in [5.74, 6) is 5.78. The summed E-state index contributed by atoms with van der Waals surface area (Å²) >= 11 is 0. The van der Waals surface area contributed by atoms with Crippen molar-refractivity contribution in [1.82, 2.24) is 0 Å². The molecule has 0 aromatic carbocycles. The molecule has 0 heteroatoms. The lowest BCUT2D eigenvalue weighted by Gasteiger charge is -2.49. The highest BCUT2D eigenvalue weighted by atomic mass is 14.7. The monoisotopic (exact) mass is 218 g/mol. The molecule has 0 radical (unpaired) electrons. The van der Waals surface area contributed by atoms with Crippen LogP contribution < -0.4 is 0 Å². The van der Waals surface area contributed by atoms with Crippen molar-refractivity contribution >= 4 is 0 Å². The van der Waals surface area contributed by atoms with Gasteiger partial charge in [-0.2, -0.15) is 0 Å². The Bertz CT molecular complexity index is 290. The fourth-order valence-electron chi connectivity index (χ4n) is 6.72. The van der Waals surface area contributed by atoms with Gasteiger partial charge in [0.2, 0.25) is 0 Å². The molecule has 0 saturated heterocycles. The minimum absolute atomic E-state index is 0.895. The van der Waals surface area contributed by atoms with Crippen LogP contribution in [0.1, 0.15) is 64.7 Å². The minimum atomic E-state index is 0.895. The number of fused-ring (bicyclic) bond motifs is 2. The van der Waals surface area contributed by atoms with E-state index in [0.717, 1.165) is 29.1 Å². The fourth-order valence-corrected chi connectivity index (χ4v) is 6.72. The first kappa shape index (κ1) is 9.97. The fraction of sp³-hybridized carbons (Fsp3) is 1.00. The van der Waals surface area contributed by atoms with Crippen molar-refractivity contribution < 1.29 is 0 Å². The third-order valence-electron chi connectivity index (χ3n) is 6.88. The van der Waals surface area contributed by atoms with Crippen LogP contribution in [0, 0.1) is 35.0 Å². The van der Waals surface area contributed by atoms with E-state index in [1.165, 1.54) is 12.3 Å². The lowest BCUT2D eigenvalue weighted by atomic mass is 9.56. The van der Waals surface area contributed by atoms with Gasteiger partial charge >= 0.3 is 0 Å². The van der Waals surface area contributed by atoms with Gasteiger partial charge in [0, 0.05) is 0 Å². The summed E-state index contributed by atoms with van der Waals surface area (Å²) in [4.78, 5) is 0. The quantitative estimate of drug-likeness (QED) is 0.633. The molecule has 4 rings (SSSR count). The van der Waals surface area contributed by atoms with Crippen LogP contribution in [0.15, 0.2) is 0 Å². The van der Waals surface area contributed by atoms with Crippen LogP contribution in [-0.4, -0.2) is 0 Å². The van der Waals surface area contributed by atoms with Crippen molar-refractivity contribution in [2.45, 2.75) is 64.7 Å². The zero-order chi connectivity index (χ0) is 10.8. The summed E-state index contributed by atoms with van der Waals surface area (Å²) in [6, 6.07) is 0. The van der Waals surface area contributed by atoms with Gasteiger partial charge in [0.15, 0.2) is 0 Å². The van der Waals surface area contributed by atoms with Gasteiger partial charge in [-0.3, -0.25) is 0 Å². The van der Waals surface area contributed by atoms with E-state index in [-0.39, 0.29) is 0 Å². The average Bonchev–Trinajstić information content (AvgIpc) is 2.65. The molecule has 3 bridgehead atoms. The summed E-state index contributed by atoms with van der Waals surface area (Å²) in [6.45, 7) is 2.39. The molecular weight excluding hydrogens is 192 g/mol. The molecule has 16 heavy (non-hydrogen) atoms. The number of hydrogen-bond donors (Lipinski definition) is 0. The number of rotatable bonds is 2. The Hall–Kier alpha value is 0. The maximum Gasteiger partial charge on any atom is -0.0233 e. The lowest BCUT2D eigenvalue weighted by Crippen LogP contribution is -2.41. The topological polar surface area (TPSA) is 0 Å². The average molecular weight is 218 g/mol. The van der Waals surface area contributed by atoms with Gasteiger partial charge in [-0.05, 0) is 73.5 Å². The van der Waals surface area contributed by atoms with Crippen LogP contribution in [0.3, 0.4) is 0 Å². The summed E-state index contributed by atoms with van der Waals surface area (Å²) in [5, 5.41) is 0. The third kappa shape index (κ3) is 1.12. The smallest absolute Gasteiger partial charge is 0.0233 e. The Morgan fingerprint density at radius 1 is 1.00 bits per heavy atom. The van der Waals surface area contributed by atoms with E-state index >= 15 is 0 Å². The van der Waals surface area contributed by atoms with Gasteiger partial charge in [-0.15, -0.1) is 0 Å². The van der Waals surface area contributed by atoms with E-state index in [1.807, 2.05) is 0 Å². The van der Waals surface area contributed by atoms with E-state index < -0.39 is 0 Å². The summed E-state index contributed by atoms with van der Waals surface area (Å²) in [5.41, 5.74) is 0.895. The van der Waals surface area contributed by atoms with Gasteiger partial charge in [0.25, 0.3) is 0 Å². The van der Waals surface area contributed by atoms with Crippen molar-refractivity contribution in [1.29, 1.82) is 0 Å². The highest BCUT2D eigenvalue weighted by molar-refractivity contribution is 5.12. The van der Waals surface area contributed by atoms with Gasteiger partial charge < -0.3 is 0 Å². The van der Waals surface area contributed by atoms with E-state index in [0.29, 0.717) is 0 Å². The minimum Gasteiger partial charge on any atom is -0.0654 e. The van der Waals surface area contributed by atoms with Crippen molar-refractivity contribution in [2.75, 3.05) is 0 Å². The van der Waals surface area contributed by atoms with Crippen LogP contribution in [0.25, 0.3) is 0 Å². The van der Waals surface area contributed by atoms with Crippen LogP contribution in [0.2, 0.25) is 0 Å². The Morgan fingerprint density at radius 2 is 1.81 bits per heavy atom. The van der Waals surface area contributed by atoms with E-state index in [9.17, 15) is 0 Å². The first-order chi connectivity index (χ1) is 7.82. The molecule has 0 nitrogen and oxygen atoms in total. The van der Waals surface area contributed by atoms with Crippen molar-refractivity contribution in [3.05, 3.63) is 0 Å². The van der Waals surface area contributed by atoms with Crippen LogP contribution in [-0.2, 0) is 0 Å². The van der Waals surface area contributed by atoms with Crippen molar-refractivity contribution in [2.24, 2.45) is 35.0 Å². The van der Waals surface area contributed by atoms with Gasteiger partial charge in [-0.25, -0.2) is 0 Å². The Kier molecular flexibility index (Phi) is 2.04. The van der Waals surface area contributed by atoms with Crippen molar-refractivity contribution in [3.63, 3.8) is 0 Å². The van der Waals surface area contributed by atoms with Crippen LogP contribution >= 0.6 is 0 Å². The maximum absolute atomic E-state index is 2.39. The molecule has 0 amide bonds. The highest BCUT2D eigenvalue weighted by Crippen LogP contribution is 2.71. The van der Waals surface area contributed by atoms with E-state index in [4.69, 9.17) is 0 Å². The Balaban J connectivity index is 1.70. The standard InChI is InChI=1S/C16H26/c1-2-3-13-6-12-8-14-7-11-4-5-15(13)16(14,9-11)10-12/h11-15H,2-10H2,1H3. The Labute approximate surface area is 100 Å². The molecule has 4 aliphatic carbocycles. The normalized spacial score (nSPS) is 57.9. The molecule has 4 saturated carbocycles. The summed E-state index contributed by atoms with van der Waals surface area (Å²) < 4.78 is 0. The molecule has 0 aromatic heterocycles. The molecule has 0 heterocycles. The highest BCUT2D eigenvalue weighted by Gasteiger charge is 2.62. The maximum atomic E-state index is 2.39. The molecule has 6 atom stereocenters. The molecule has 4 fully saturated rings. The largest absolute Gasteiger partial charge is 0.0654 e. The predicted octanol–water partition coefficient (Wildman–Crippen LogP) is 4.64. The molecule has 0 N–H and O–H groups in total. The molecule has 4 aliphatic rings. The van der Waals surface area contributed by atoms with E-state index in [1.54, 1.807) is 51.4 Å². The molecule has 0 aliphatic heterocycles. The van der Waals surface area contributed by atoms with Gasteiger partial charge in [0.1, 0.15) is 0 Å². The summed E-state index contributed by atoms with van der Waals surface area (Å²) in [7, 11) is 0. The second kappa shape index (κ2) is 3.27. The summed E-state index contributed by atoms with van der Waals surface area (Å²) in [6.07, 6.45) is 14.4. The van der Waals surface area contributed by atoms with Gasteiger partial charge in [-0.1, -0.05) is 26.2 Å². The predicted molar refractivity (Wildman–Crippen MR) is 67.1 cm³/mol. The molecular formula is C16H26. The second-order valence-corrected chi connectivity index (χ2v) is 7.51. The lowest BCUT2D eigenvalue weighted by molar-refractivity contribution is 0.00411. The van der Waals surface area contributed by atoms with Crippen LogP contribution in [0.5, 0.6) is 0 Å². The molecule has 6 unspecified atom stereocenters. The van der Waals surface area contributed by atoms with Gasteiger partial charge in [0.05, 0.1) is 0 Å². The zero-order valence-corrected chi connectivity index (χ0v) is 10.8. The van der Waals surface area contributed by atoms with Crippen LogP contribution in [0.4, 0.5) is 0 Å². The zero-order valence-electron chi connectivity index (χ0n) is 10.8. The van der Waals surface area contributed by atoms with E-state index in [2.05, 4.69) is 6.92 Å². The van der Waals surface area contributed by atoms with Crippen molar-refractivity contribution in [3.8, 4) is 0 Å². The Morgan fingerprint density at radius 3 is 2.69 bits per heavy atom. The SMILES string of the molecule is CCCC1CC2CC3CC4CCC1C3(C4)C2. The molecule has 1 spiro atoms. The number of hydrogen-bond acceptors (Lipinski definition) is 0. The first-order valence-electron chi connectivity index (χ1n) is 7.82. The third-order valence-corrected chi connectivity index (χ3v) is 6.88.